The summed E-state index contributed by atoms with van der Waals surface area (Å²) in [4.78, 5) is 7.96. The van der Waals surface area contributed by atoms with E-state index in [-0.39, 0.29) is 32.5 Å². The molecule has 3 aromatic rings. The lowest BCUT2D eigenvalue weighted by Gasteiger charge is -2.05. The second kappa shape index (κ2) is 6.54. The van der Waals surface area contributed by atoms with Crippen LogP contribution in [0.2, 0.25) is 10.0 Å². The van der Waals surface area contributed by atoms with Gasteiger partial charge in [-0.25, -0.2) is 13.1 Å². The molecule has 0 aliphatic rings. The van der Waals surface area contributed by atoms with E-state index < -0.39 is 10.0 Å². The molecule has 2 heterocycles. The molecule has 12 heteroatoms. The molecule has 9 nitrogen and oxygen atoms in total. The molecule has 2 aromatic heterocycles. The van der Waals surface area contributed by atoms with Crippen LogP contribution < -0.4 is 14.2 Å². The second-order valence-corrected chi connectivity index (χ2v) is 7.25. The van der Waals surface area contributed by atoms with Crippen LogP contribution in [0.4, 0.5) is 5.95 Å². The predicted octanol–water partition coefficient (Wildman–Crippen LogP) is 2.25. The van der Waals surface area contributed by atoms with Crippen molar-refractivity contribution in [3.8, 4) is 11.8 Å². The molecule has 0 aliphatic carbocycles. The van der Waals surface area contributed by atoms with Crippen LogP contribution >= 0.6 is 23.2 Å². The minimum atomic E-state index is -4.00. The van der Waals surface area contributed by atoms with Gasteiger partial charge in [0.2, 0.25) is 5.65 Å². The zero-order valence-electron chi connectivity index (χ0n) is 12.9. The fourth-order valence-electron chi connectivity index (χ4n) is 2.02. The standard InChI is InChI=1S/C13H11Cl2N5O4S/c1-23-10-6-16-13(24-2)20-11(10)17-12(18-20)19-25(21,22)9-4-7(14)3-8(15)5-9/h3-6H,1-2H3,(H,18,19). The van der Waals surface area contributed by atoms with E-state index in [1.54, 1.807) is 0 Å². The van der Waals surface area contributed by atoms with Crippen LogP contribution in [-0.2, 0) is 10.0 Å². The highest BCUT2D eigenvalue weighted by Gasteiger charge is 2.20. The molecular weight excluding hydrogens is 393 g/mol. The average molecular weight is 404 g/mol. The number of fused-ring (bicyclic) bond motifs is 1. The van der Waals surface area contributed by atoms with Gasteiger partial charge in [0.1, 0.15) is 0 Å². The van der Waals surface area contributed by atoms with Crippen molar-refractivity contribution >= 4 is 44.8 Å². The van der Waals surface area contributed by atoms with Crippen LogP contribution in [0.3, 0.4) is 0 Å². The number of sulfonamides is 1. The third-order valence-electron chi connectivity index (χ3n) is 3.08. The summed E-state index contributed by atoms with van der Waals surface area (Å²) in [6, 6.07) is 4.05. The number of nitrogens with zero attached hydrogens (tertiary/aromatic N) is 4. The predicted molar refractivity (Wildman–Crippen MR) is 91.2 cm³/mol. The van der Waals surface area contributed by atoms with E-state index in [0.717, 1.165) is 0 Å². The Hall–Kier alpha value is -2.30. The van der Waals surface area contributed by atoms with E-state index in [0.29, 0.717) is 5.75 Å². The smallest absolute Gasteiger partial charge is 0.319 e. The summed E-state index contributed by atoms with van der Waals surface area (Å²) in [6.45, 7) is 0. The quantitative estimate of drug-likeness (QED) is 0.695. The van der Waals surface area contributed by atoms with Crippen molar-refractivity contribution in [3.63, 3.8) is 0 Å². The molecule has 0 saturated carbocycles. The maximum atomic E-state index is 12.5. The summed E-state index contributed by atoms with van der Waals surface area (Å²) >= 11 is 11.7. The van der Waals surface area contributed by atoms with Gasteiger partial charge in [-0.1, -0.05) is 23.2 Å². The highest BCUT2D eigenvalue weighted by atomic mass is 35.5. The lowest BCUT2D eigenvalue weighted by Crippen LogP contribution is -2.14. The first-order valence-electron chi connectivity index (χ1n) is 6.66. The first-order valence-corrected chi connectivity index (χ1v) is 8.90. The van der Waals surface area contributed by atoms with Crippen LogP contribution in [0.5, 0.6) is 11.8 Å². The van der Waals surface area contributed by atoms with Crippen molar-refractivity contribution in [2.45, 2.75) is 4.90 Å². The number of nitrogens with one attached hydrogen (secondary N) is 1. The number of anilines is 1. The molecule has 132 valence electrons. The van der Waals surface area contributed by atoms with Crippen LogP contribution in [0, 0.1) is 0 Å². The fourth-order valence-corrected chi connectivity index (χ4v) is 3.68. The molecule has 25 heavy (non-hydrogen) atoms. The number of aromatic nitrogens is 4. The minimum absolute atomic E-state index is 0.111. The van der Waals surface area contributed by atoms with E-state index in [4.69, 9.17) is 32.7 Å². The lowest BCUT2D eigenvalue weighted by molar-refractivity contribution is 0.359. The maximum Gasteiger partial charge on any atom is 0.319 e. The Balaban J connectivity index is 2.05. The molecule has 0 atom stereocenters. The molecule has 0 fully saturated rings. The van der Waals surface area contributed by atoms with E-state index in [1.807, 2.05) is 0 Å². The zero-order chi connectivity index (χ0) is 18.2. The van der Waals surface area contributed by atoms with Gasteiger partial charge in [-0.15, -0.1) is 5.10 Å². The number of ether oxygens (including phenoxy) is 2. The summed E-state index contributed by atoms with van der Waals surface area (Å²) in [6.07, 6.45) is 1.39. The largest absolute Gasteiger partial charge is 0.491 e. The summed E-state index contributed by atoms with van der Waals surface area (Å²) in [5, 5.41) is 4.40. The molecule has 0 saturated heterocycles. The van der Waals surface area contributed by atoms with Crippen molar-refractivity contribution in [2.24, 2.45) is 0 Å². The first kappa shape index (κ1) is 17.5. The highest BCUT2D eigenvalue weighted by Crippen LogP contribution is 2.25. The number of methoxy groups -OCH3 is 2. The number of rotatable bonds is 5. The second-order valence-electron chi connectivity index (χ2n) is 4.69. The molecule has 0 radical (unpaired) electrons. The van der Waals surface area contributed by atoms with E-state index in [2.05, 4.69) is 19.8 Å². The van der Waals surface area contributed by atoms with E-state index in [9.17, 15) is 8.42 Å². The van der Waals surface area contributed by atoms with Gasteiger partial charge in [-0.2, -0.15) is 14.5 Å². The summed E-state index contributed by atoms with van der Waals surface area (Å²) in [5.74, 6) is 0.102. The average Bonchev–Trinajstić information content (AvgIpc) is 2.95. The van der Waals surface area contributed by atoms with Gasteiger partial charge in [0.05, 0.1) is 25.3 Å². The Morgan fingerprint density at radius 1 is 1.12 bits per heavy atom. The Kier molecular flexibility index (Phi) is 4.58. The van der Waals surface area contributed by atoms with Crippen molar-refractivity contribution in [3.05, 3.63) is 34.4 Å². The Bertz CT molecular complexity index is 993. The summed E-state index contributed by atoms with van der Waals surface area (Å²) in [7, 11) is -1.18. The number of hydrogen-bond acceptors (Lipinski definition) is 7. The van der Waals surface area contributed by atoms with Crippen LogP contribution in [0.1, 0.15) is 0 Å². The minimum Gasteiger partial charge on any atom is -0.491 e. The topological polar surface area (TPSA) is 108 Å². The normalized spacial score (nSPS) is 11.5. The van der Waals surface area contributed by atoms with Crippen molar-refractivity contribution < 1.29 is 17.9 Å². The Morgan fingerprint density at radius 2 is 1.80 bits per heavy atom. The summed E-state index contributed by atoms with van der Waals surface area (Å²) in [5.41, 5.74) is 0.233. The van der Waals surface area contributed by atoms with Gasteiger partial charge in [0, 0.05) is 10.0 Å². The Labute approximate surface area is 152 Å². The van der Waals surface area contributed by atoms with Gasteiger partial charge in [0.15, 0.2) is 5.75 Å². The van der Waals surface area contributed by atoms with E-state index in [1.165, 1.54) is 43.1 Å². The van der Waals surface area contributed by atoms with Gasteiger partial charge in [0.25, 0.3) is 16.0 Å². The molecule has 0 unspecified atom stereocenters. The number of benzene rings is 1. The highest BCUT2D eigenvalue weighted by molar-refractivity contribution is 7.92. The van der Waals surface area contributed by atoms with Crippen molar-refractivity contribution in [1.82, 2.24) is 19.6 Å². The Morgan fingerprint density at radius 3 is 2.40 bits per heavy atom. The molecule has 3 rings (SSSR count). The zero-order valence-corrected chi connectivity index (χ0v) is 15.2. The fraction of sp³-hybridized carbons (Fsp3) is 0.154. The number of halogens is 2. The third kappa shape index (κ3) is 3.41. The monoisotopic (exact) mass is 403 g/mol. The maximum absolute atomic E-state index is 12.5. The van der Waals surface area contributed by atoms with Crippen LogP contribution in [0.25, 0.3) is 5.65 Å². The van der Waals surface area contributed by atoms with Crippen molar-refractivity contribution in [1.29, 1.82) is 0 Å². The van der Waals surface area contributed by atoms with Crippen LogP contribution in [0.15, 0.2) is 29.3 Å². The summed E-state index contributed by atoms with van der Waals surface area (Å²) < 4.78 is 38.7. The van der Waals surface area contributed by atoms with Gasteiger partial charge < -0.3 is 9.47 Å². The number of hydrogen-bond donors (Lipinski definition) is 1. The van der Waals surface area contributed by atoms with Gasteiger partial charge >= 0.3 is 6.01 Å². The lowest BCUT2D eigenvalue weighted by atomic mass is 10.4. The molecule has 1 N–H and O–H groups in total. The molecule has 0 amide bonds. The third-order valence-corrected chi connectivity index (χ3v) is 4.82. The SMILES string of the molecule is COc1cnc(OC)n2nc(NS(=O)(=O)c3cc(Cl)cc(Cl)c3)nc12. The first-order chi connectivity index (χ1) is 11.8. The molecular formula is C13H11Cl2N5O4S. The van der Waals surface area contributed by atoms with Crippen molar-refractivity contribution in [2.75, 3.05) is 18.9 Å². The molecule has 1 aromatic carbocycles. The van der Waals surface area contributed by atoms with Gasteiger partial charge in [-0.3, -0.25) is 0 Å². The molecule has 0 spiro atoms. The molecule has 0 bridgehead atoms. The molecule has 0 aliphatic heterocycles. The van der Waals surface area contributed by atoms with Crippen LogP contribution in [-0.4, -0.2) is 42.2 Å². The van der Waals surface area contributed by atoms with Gasteiger partial charge in [-0.05, 0) is 18.2 Å². The van der Waals surface area contributed by atoms with E-state index >= 15 is 0 Å².